The van der Waals surface area contributed by atoms with E-state index in [2.05, 4.69) is 57.5 Å². The quantitative estimate of drug-likeness (QED) is 0.152. The number of aromatic nitrogens is 2. The van der Waals surface area contributed by atoms with E-state index in [-0.39, 0.29) is 11.8 Å². The number of hydrogen-bond acceptors (Lipinski definition) is 8. The number of piperidine rings is 2. The number of fused-ring (bicyclic) bond motifs is 6. The molecular weight excluding hydrogens is 929 g/mol. The third kappa shape index (κ3) is 10.5. The molecule has 4 aromatic carbocycles. The van der Waals surface area contributed by atoms with Crippen LogP contribution in [0.4, 0.5) is 0 Å². The van der Waals surface area contributed by atoms with Crippen molar-refractivity contribution < 1.29 is 26.4 Å². The molecule has 5 aliphatic rings. The Morgan fingerprint density at radius 2 is 1.01 bits per heavy atom. The molecule has 2 aromatic heterocycles. The topological polar surface area (TPSA) is 134 Å². The third-order valence-corrected chi connectivity index (χ3v) is 18.5. The molecule has 0 unspecified atom stereocenters. The maximum atomic E-state index is 13.5. The number of nitrogens with zero attached hydrogens (tertiary/aromatic N) is 5. The number of nitrogens with one attached hydrogen (secondary N) is 1. The first-order valence-corrected chi connectivity index (χ1v) is 29.8. The number of hydrogen-bond donors (Lipinski definition) is 1. The summed E-state index contributed by atoms with van der Waals surface area (Å²) in [5.41, 5.74) is 11.3. The van der Waals surface area contributed by atoms with Gasteiger partial charge in [0.25, 0.3) is 11.8 Å². The van der Waals surface area contributed by atoms with E-state index in [1.807, 2.05) is 46.2 Å². The van der Waals surface area contributed by atoms with Crippen molar-refractivity contribution in [2.24, 2.45) is 11.8 Å². The van der Waals surface area contributed by atoms with Gasteiger partial charge in [0.1, 0.15) is 0 Å². The van der Waals surface area contributed by atoms with E-state index in [1.165, 1.54) is 71.6 Å². The minimum atomic E-state index is -3.22. The lowest BCUT2D eigenvalue weighted by atomic mass is 9.98. The van der Waals surface area contributed by atoms with Gasteiger partial charge >= 0.3 is 0 Å². The molecule has 1 aliphatic carbocycles. The summed E-state index contributed by atoms with van der Waals surface area (Å²) in [6.45, 7) is 13.0. The van der Waals surface area contributed by atoms with Crippen molar-refractivity contribution in [1.82, 2.24) is 29.2 Å². The van der Waals surface area contributed by atoms with Crippen LogP contribution in [0.2, 0.25) is 0 Å². The first kappa shape index (κ1) is 49.3. The second-order valence-corrected chi connectivity index (χ2v) is 25.4. The standard InChI is InChI=1S/C31H39N3O3S.C26H31N3O3S/c1-22-13-16-32(17-14-22)31(35)24-9-12-29-27(19-24)28-21-33(25-5-3-4-6-25)18-15-30(28)34(29)20-23-7-10-26(11-8-23)38(2,36)37;1-18-10-13-28(14-11-18)26(30)20-5-8-24-22(15-20)23-16-27-12-9-25(23)29(24)17-19-3-6-21(7-4-19)33(2,31)32/h7-12,19,22,25H,3-6,13-18,20-21H2,1-2H3;3-8,15,18,27H,9-14,16-17H2,1-2H3. The molecule has 4 aliphatic heterocycles. The van der Waals surface area contributed by atoms with Gasteiger partial charge in [-0.25, -0.2) is 16.8 Å². The van der Waals surface area contributed by atoms with E-state index in [4.69, 9.17) is 0 Å². The first-order chi connectivity index (χ1) is 34.1. The molecule has 0 radical (unpaired) electrons. The Hall–Kier alpha value is -5.28. The van der Waals surface area contributed by atoms with Crippen LogP contribution in [-0.2, 0) is 58.7 Å². The van der Waals surface area contributed by atoms with Crippen molar-refractivity contribution in [1.29, 1.82) is 0 Å². The highest BCUT2D eigenvalue weighted by atomic mass is 32.2. The van der Waals surface area contributed by atoms with Gasteiger partial charge in [0.05, 0.1) is 9.79 Å². The molecule has 2 saturated heterocycles. The molecule has 6 heterocycles. The Kier molecular flexibility index (Phi) is 14.1. The van der Waals surface area contributed by atoms with Gasteiger partial charge in [-0.1, -0.05) is 51.0 Å². The van der Waals surface area contributed by atoms with Crippen molar-refractivity contribution >= 4 is 53.3 Å². The van der Waals surface area contributed by atoms with Crippen molar-refractivity contribution in [3.63, 3.8) is 0 Å². The van der Waals surface area contributed by atoms with E-state index < -0.39 is 19.7 Å². The number of carbonyl (C=O) groups is 2. The minimum Gasteiger partial charge on any atom is -0.340 e. The van der Waals surface area contributed by atoms with Crippen LogP contribution in [0.5, 0.6) is 0 Å². The lowest BCUT2D eigenvalue weighted by Gasteiger charge is -2.33. The second-order valence-electron chi connectivity index (χ2n) is 21.4. The fourth-order valence-corrected chi connectivity index (χ4v) is 13.2. The van der Waals surface area contributed by atoms with Crippen LogP contribution in [0.1, 0.15) is 120 Å². The van der Waals surface area contributed by atoms with E-state index >= 15 is 0 Å². The zero-order chi connectivity index (χ0) is 49.6. The molecule has 1 N–H and O–H groups in total. The maximum Gasteiger partial charge on any atom is 0.253 e. The van der Waals surface area contributed by atoms with Crippen LogP contribution in [0.15, 0.2) is 94.7 Å². The largest absolute Gasteiger partial charge is 0.340 e. The predicted molar refractivity (Wildman–Crippen MR) is 282 cm³/mol. The smallest absolute Gasteiger partial charge is 0.253 e. The van der Waals surface area contributed by atoms with Crippen molar-refractivity contribution in [3.8, 4) is 0 Å². The number of sulfone groups is 2. The van der Waals surface area contributed by atoms with Crippen LogP contribution in [0, 0.1) is 11.8 Å². The van der Waals surface area contributed by atoms with E-state index in [9.17, 15) is 26.4 Å². The number of likely N-dealkylation sites (tertiary alicyclic amines) is 2. The summed E-state index contributed by atoms with van der Waals surface area (Å²) in [6, 6.07) is 27.5. The van der Waals surface area contributed by atoms with Gasteiger partial charge in [-0.2, -0.15) is 0 Å². The first-order valence-electron chi connectivity index (χ1n) is 26.0. The number of benzene rings is 4. The molecule has 376 valence electrons. The SMILES string of the molecule is CC1CCN(C(=O)c2ccc3c(c2)c2c(n3Cc3ccc(S(C)(=O)=O)cc3)CCN(C3CCCC3)C2)CC1.CC1CCN(C(=O)c2ccc3c(c2)c2c(n3Cc3ccc(S(C)(=O)=O)cc3)CCNC2)CC1. The lowest BCUT2D eigenvalue weighted by Crippen LogP contribution is -2.38. The molecule has 14 heteroatoms. The molecular formula is C57H70N6O6S2. The lowest BCUT2D eigenvalue weighted by molar-refractivity contribution is 0.0689. The summed E-state index contributed by atoms with van der Waals surface area (Å²) >= 11 is 0. The summed E-state index contributed by atoms with van der Waals surface area (Å²) in [5, 5.41) is 5.82. The van der Waals surface area contributed by atoms with Gasteiger partial charge in [0.15, 0.2) is 19.7 Å². The number of rotatable bonds is 9. The summed E-state index contributed by atoms with van der Waals surface area (Å²) in [5.74, 6) is 1.66. The monoisotopic (exact) mass is 998 g/mol. The normalized spacial score (nSPS) is 18.6. The zero-order valence-corrected chi connectivity index (χ0v) is 43.6. The van der Waals surface area contributed by atoms with E-state index in [0.717, 1.165) is 124 Å². The Bertz CT molecular complexity index is 3170. The molecule has 0 atom stereocenters. The summed E-state index contributed by atoms with van der Waals surface area (Å²) in [7, 11) is -6.43. The molecule has 3 fully saturated rings. The van der Waals surface area contributed by atoms with Crippen LogP contribution >= 0.6 is 0 Å². The number of amides is 2. The predicted octanol–water partition coefficient (Wildman–Crippen LogP) is 8.88. The molecule has 0 bridgehead atoms. The number of carbonyl (C=O) groups excluding carboxylic acids is 2. The Morgan fingerprint density at radius 1 is 0.563 bits per heavy atom. The highest BCUT2D eigenvalue weighted by molar-refractivity contribution is 7.91. The summed E-state index contributed by atoms with van der Waals surface area (Å²) in [6.07, 6.45) is 13.9. The van der Waals surface area contributed by atoms with Crippen molar-refractivity contribution in [3.05, 3.63) is 130 Å². The Morgan fingerprint density at radius 3 is 1.48 bits per heavy atom. The summed E-state index contributed by atoms with van der Waals surface area (Å²) < 4.78 is 52.2. The van der Waals surface area contributed by atoms with Crippen molar-refractivity contribution in [2.45, 2.75) is 120 Å². The molecule has 0 spiro atoms. The molecule has 11 rings (SSSR count). The average molecular weight is 999 g/mol. The highest BCUT2D eigenvalue weighted by Gasteiger charge is 2.31. The van der Waals surface area contributed by atoms with Gasteiger partial charge < -0.3 is 24.3 Å². The van der Waals surface area contributed by atoms with Gasteiger partial charge in [-0.15, -0.1) is 0 Å². The second kappa shape index (κ2) is 20.3. The van der Waals surface area contributed by atoms with Gasteiger partial charge in [-0.05, 0) is 133 Å². The van der Waals surface area contributed by atoms with Crippen molar-refractivity contribution in [2.75, 3.05) is 51.8 Å². The molecule has 6 aromatic rings. The average Bonchev–Trinajstić information content (AvgIpc) is 4.10. The van der Waals surface area contributed by atoms with Gasteiger partial charge in [-0.3, -0.25) is 14.5 Å². The van der Waals surface area contributed by atoms with E-state index in [1.54, 1.807) is 24.3 Å². The van der Waals surface area contributed by atoms with Crippen LogP contribution in [0.3, 0.4) is 0 Å². The van der Waals surface area contributed by atoms with Crippen LogP contribution < -0.4 is 5.32 Å². The van der Waals surface area contributed by atoms with Gasteiger partial charge in [0, 0.05) is 141 Å². The summed E-state index contributed by atoms with van der Waals surface area (Å²) in [4.78, 5) is 34.0. The fourth-order valence-electron chi connectivity index (χ4n) is 11.9. The van der Waals surface area contributed by atoms with Crippen LogP contribution in [0.25, 0.3) is 21.8 Å². The molecule has 71 heavy (non-hydrogen) atoms. The molecule has 1 saturated carbocycles. The minimum absolute atomic E-state index is 0.130. The van der Waals surface area contributed by atoms with Crippen LogP contribution in [-0.4, -0.2) is 110 Å². The third-order valence-electron chi connectivity index (χ3n) is 16.3. The van der Waals surface area contributed by atoms with Gasteiger partial charge in [0.2, 0.25) is 0 Å². The zero-order valence-electron chi connectivity index (χ0n) is 42.0. The highest BCUT2D eigenvalue weighted by Crippen LogP contribution is 2.37. The molecule has 12 nitrogen and oxygen atoms in total. The van der Waals surface area contributed by atoms with E-state index in [0.29, 0.717) is 40.8 Å². The Balaban J connectivity index is 0.000000166. The Labute approximate surface area is 420 Å². The maximum absolute atomic E-state index is 13.5. The fraction of sp³-hybridized carbons (Fsp3) is 0.474. The molecule has 2 amide bonds.